The van der Waals surface area contributed by atoms with Crippen LogP contribution in [0.3, 0.4) is 0 Å². The number of unbranched alkanes of at least 4 members (excludes halogenated alkanes) is 1. The van der Waals surface area contributed by atoms with Crippen LogP contribution >= 0.6 is 11.8 Å². The number of likely N-dealkylation sites (N-methyl/N-ethyl adjacent to an activating group) is 1. The maximum atomic E-state index is 12.0. The summed E-state index contributed by atoms with van der Waals surface area (Å²) in [6.45, 7) is 6.90. The molecule has 1 unspecified atom stereocenters. The Hall–Kier alpha value is -0.750. The highest BCUT2D eigenvalue weighted by molar-refractivity contribution is 8.00. The minimum absolute atomic E-state index is 0.00287. The summed E-state index contributed by atoms with van der Waals surface area (Å²) in [5.41, 5.74) is 0. The molecular formula is C15H28N2O3S. The molecule has 0 aromatic rings. The van der Waals surface area contributed by atoms with Gasteiger partial charge in [-0.3, -0.25) is 14.5 Å². The summed E-state index contributed by atoms with van der Waals surface area (Å²) in [6, 6.07) is 0.499. The molecule has 0 heterocycles. The summed E-state index contributed by atoms with van der Waals surface area (Å²) < 4.78 is 0. The second-order valence-corrected chi connectivity index (χ2v) is 7.10. The van der Waals surface area contributed by atoms with Gasteiger partial charge in [-0.1, -0.05) is 20.3 Å². The number of aliphatic carboxylic acids is 1. The molecule has 1 rings (SSSR count). The number of amides is 1. The van der Waals surface area contributed by atoms with Crippen LogP contribution in [0.4, 0.5) is 0 Å². The summed E-state index contributed by atoms with van der Waals surface area (Å²) in [4.78, 5) is 24.8. The molecule has 1 aliphatic carbocycles. The van der Waals surface area contributed by atoms with Crippen molar-refractivity contribution in [1.82, 2.24) is 10.2 Å². The Labute approximate surface area is 131 Å². The van der Waals surface area contributed by atoms with Gasteiger partial charge in [-0.15, -0.1) is 11.8 Å². The highest BCUT2D eigenvalue weighted by Crippen LogP contribution is 2.26. The third-order valence-corrected chi connectivity index (χ3v) is 5.19. The molecular weight excluding hydrogens is 288 g/mol. The van der Waals surface area contributed by atoms with E-state index in [-0.39, 0.29) is 23.7 Å². The van der Waals surface area contributed by atoms with Gasteiger partial charge in [0.1, 0.15) is 0 Å². The molecule has 5 nitrogen and oxygen atoms in total. The zero-order valence-corrected chi connectivity index (χ0v) is 14.1. The predicted octanol–water partition coefficient (Wildman–Crippen LogP) is 1.96. The summed E-state index contributed by atoms with van der Waals surface area (Å²) >= 11 is 1.71. The van der Waals surface area contributed by atoms with Gasteiger partial charge in [0.25, 0.3) is 0 Å². The second-order valence-electron chi connectivity index (χ2n) is 5.65. The van der Waals surface area contributed by atoms with Crippen LogP contribution in [0, 0.1) is 0 Å². The van der Waals surface area contributed by atoms with Crippen LogP contribution in [0.5, 0.6) is 0 Å². The maximum Gasteiger partial charge on any atom is 0.317 e. The Morgan fingerprint density at radius 3 is 2.57 bits per heavy atom. The Kier molecular flexibility index (Phi) is 8.11. The fourth-order valence-electron chi connectivity index (χ4n) is 2.48. The molecule has 0 aliphatic heterocycles. The Balaban J connectivity index is 2.24. The molecule has 1 fully saturated rings. The third kappa shape index (κ3) is 6.26. The fraction of sp³-hybridized carbons (Fsp3) is 0.867. The van der Waals surface area contributed by atoms with E-state index in [1.807, 2.05) is 18.7 Å². The van der Waals surface area contributed by atoms with E-state index in [1.54, 1.807) is 11.8 Å². The Morgan fingerprint density at radius 2 is 2.05 bits per heavy atom. The number of thioether (sulfide) groups is 1. The van der Waals surface area contributed by atoms with Gasteiger partial charge >= 0.3 is 5.97 Å². The van der Waals surface area contributed by atoms with Gasteiger partial charge in [0.2, 0.25) is 5.91 Å². The van der Waals surface area contributed by atoms with Crippen LogP contribution in [-0.4, -0.2) is 58.1 Å². The average Bonchev–Trinajstić information content (AvgIpc) is 2.39. The van der Waals surface area contributed by atoms with Gasteiger partial charge < -0.3 is 10.4 Å². The smallest absolute Gasteiger partial charge is 0.317 e. The minimum atomic E-state index is -0.787. The van der Waals surface area contributed by atoms with E-state index < -0.39 is 5.97 Å². The van der Waals surface area contributed by atoms with Crippen molar-refractivity contribution >= 4 is 23.6 Å². The standard InChI is InChI=1S/C15H28N2O3S/c1-4-6-7-21-11(3)15(20)16-12-8-13(9-12)17(5-2)10-14(18)19/h11-13H,4-10H2,1-3H3,(H,16,20)(H,18,19). The molecule has 1 aliphatic rings. The molecule has 1 saturated carbocycles. The molecule has 21 heavy (non-hydrogen) atoms. The van der Waals surface area contributed by atoms with Crippen molar-refractivity contribution in [2.45, 2.75) is 63.8 Å². The van der Waals surface area contributed by atoms with Gasteiger partial charge in [-0.05, 0) is 38.5 Å². The molecule has 0 aromatic carbocycles. The van der Waals surface area contributed by atoms with E-state index in [0.29, 0.717) is 6.04 Å². The van der Waals surface area contributed by atoms with Crippen molar-refractivity contribution in [2.24, 2.45) is 0 Å². The molecule has 1 amide bonds. The topological polar surface area (TPSA) is 69.6 Å². The van der Waals surface area contributed by atoms with Crippen LogP contribution in [0.25, 0.3) is 0 Å². The van der Waals surface area contributed by atoms with Crippen LogP contribution in [-0.2, 0) is 9.59 Å². The number of carbonyl (C=O) groups is 2. The van der Waals surface area contributed by atoms with E-state index in [9.17, 15) is 9.59 Å². The second kappa shape index (κ2) is 9.30. The highest BCUT2D eigenvalue weighted by atomic mass is 32.2. The first kappa shape index (κ1) is 18.3. The molecule has 0 aromatic heterocycles. The quantitative estimate of drug-likeness (QED) is 0.603. The highest BCUT2D eigenvalue weighted by Gasteiger charge is 2.35. The number of carboxylic acid groups (broad SMARTS) is 1. The lowest BCUT2D eigenvalue weighted by atomic mass is 9.85. The number of hydrogen-bond donors (Lipinski definition) is 2. The van der Waals surface area contributed by atoms with Gasteiger partial charge in [0.05, 0.1) is 11.8 Å². The van der Waals surface area contributed by atoms with E-state index >= 15 is 0 Å². The first-order valence-corrected chi connectivity index (χ1v) is 8.90. The van der Waals surface area contributed by atoms with E-state index in [2.05, 4.69) is 12.2 Å². The number of nitrogens with zero attached hydrogens (tertiary/aromatic N) is 1. The monoisotopic (exact) mass is 316 g/mol. The SMILES string of the molecule is CCCCSC(C)C(=O)NC1CC(N(CC)CC(=O)O)C1. The molecule has 122 valence electrons. The molecule has 1 atom stereocenters. The van der Waals surface area contributed by atoms with Gasteiger partial charge in [0, 0.05) is 12.1 Å². The zero-order valence-electron chi connectivity index (χ0n) is 13.3. The lowest BCUT2D eigenvalue weighted by molar-refractivity contribution is -0.139. The Morgan fingerprint density at radius 1 is 1.38 bits per heavy atom. The number of rotatable bonds is 10. The molecule has 0 radical (unpaired) electrons. The van der Waals surface area contributed by atoms with E-state index in [0.717, 1.165) is 38.0 Å². The number of carboxylic acids is 1. The largest absolute Gasteiger partial charge is 0.480 e. The average molecular weight is 316 g/mol. The van der Waals surface area contributed by atoms with Gasteiger partial charge in [0.15, 0.2) is 0 Å². The van der Waals surface area contributed by atoms with Crippen molar-refractivity contribution in [1.29, 1.82) is 0 Å². The van der Waals surface area contributed by atoms with Crippen LogP contribution in [0.1, 0.15) is 46.5 Å². The normalized spacial score (nSPS) is 22.7. The van der Waals surface area contributed by atoms with Crippen molar-refractivity contribution in [3.8, 4) is 0 Å². The Bertz CT molecular complexity index is 346. The zero-order chi connectivity index (χ0) is 15.8. The first-order valence-electron chi connectivity index (χ1n) is 7.85. The predicted molar refractivity (Wildman–Crippen MR) is 86.7 cm³/mol. The summed E-state index contributed by atoms with van der Waals surface area (Å²) in [7, 11) is 0. The molecule has 0 spiro atoms. The third-order valence-electron chi connectivity index (χ3n) is 3.96. The maximum absolute atomic E-state index is 12.0. The summed E-state index contributed by atoms with van der Waals surface area (Å²) in [5.74, 6) is 0.353. The van der Waals surface area contributed by atoms with Crippen molar-refractivity contribution in [3.05, 3.63) is 0 Å². The van der Waals surface area contributed by atoms with Crippen molar-refractivity contribution in [2.75, 3.05) is 18.8 Å². The number of nitrogens with one attached hydrogen (secondary N) is 1. The van der Waals surface area contributed by atoms with Crippen molar-refractivity contribution < 1.29 is 14.7 Å². The van der Waals surface area contributed by atoms with Gasteiger partial charge in [-0.25, -0.2) is 0 Å². The molecule has 0 saturated heterocycles. The lowest BCUT2D eigenvalue weighted by Crippen LogP contribution is -2.55. The van der Waals surface area contributed by atoms with E-state index in [4.69, 9.17) is 5.11 Å². The molecule has 6 heteroatoms. The molecule has 0 bridgehead atoms. The molecule has 2 N–H and O–H groups in total. The first-order chi connectivity index (χ1) is 9.97. The number of carbonyl (C=O) groups excluding carboxylic acids is 1. The van der Waals surface area contributed by atoms with Crippen LogP contribution in [0.15, 0.2) is 0 Å². The minimum Gasteiger partial charge on any atom is -0.480 e. The van der Waals surface area contributed by atoms with Crippen LogP contribution in [0.2, 0.25) is 0 Å². The van der Waals surface area contributed by atoms with Crippen LogP contribution < -0.4 is 5.32 Å². The fourth-order valence-corrected chi connectivity index (χ4v) is 3.50. The van der Waals surface area contributed by atoms with E-state index in [1.165, 1.54) is 0 Å². The lowest BCUT2D eigenvalue weighted by Gasteiger charge is -2.42. The van der Waals surface area contributed by atoms with Gasteiger partial charge in [-0.2, -0.15) is 0 Å². The number of hydrogen-bond acceptors (Lipinski definition) is 4. The van der Waals surface area contributed by atoms with Crippen molar-refractivity contribution in [3.63, 3.8) is 0 Å². The summed E-state index contributed by atoms with van der Waals surface area (Å²) in [6.07, 6.45) is 4.02. The summed E-state index contributed by atoms with van der Waals surface area (Å²) in [5, 5.41) is 11.9.